The van der Waals surface area contributed by atoms with E-state index in [9.17, 15) is 0 Å². The van der Waals surface area contributed by atoms with E-state index in [1.54, 1.807) is 12.3 Å². The minimum Gasteiger partial charge on any atom is -0.248 e. The zero-order valence-corrected chi connectivity index (χ0v) is 10.9. The molecule has 0 amide bonds. The molecule has 0 saturated heterocycles. The molecule has 19 heavy (non-hydrogen) atoms. The average molecular weight is 247 g/mol. The second-order valence-electron chi connectivity index (χ2n) is 3.90. The van der Waals surface area contributed by atoms with Crippen molar-refractivity contribution >= 4 is 0 Å². The van der Waals surface area contributed by atoms with E-state index in [0.29, 0.717) is 5.69 Å². The van der Waals surface area contributed by atoms with E-state index in [0.717, 1.165) is 19.3 Å². The van der Waals surface area contributed by atoms with Gasteiger partial charge in [0.2, 0.25) is 0 Å². The quantitative estimate of drug-likeness (QED) is 0.595. The van der Waals surface area contributed by atoms with Gasteiger partial charge in [0.1, 0.15) is 5.69 Å². The van der Waals surface area contributed by atoms with Gasteiger partial charge in [0.25, 0.3) is 0 Å². The first kappa shape index (κ1) is 14.6. The molecule has 0 fully saturated rings. The van der Waals surface area contributed by atoms with Crippen LogP contribution in [0.15, 0.2) is 54.7 Å². The number of aryl methyl sites for hydroxylation is 1. The van der Waals surface area contributed by atoms with Crippen LogP contribution in [0.4, 0.5) is 0 Å². The van der Waals surface area contributed by atoms with Gasteiger partial charge in [0.05, 0.1) is 0 Å². The molecule has 0 aliphatic rings. The van der Waals surface area contributed by atoms with E-state index >= 15 is 0 Å². The van der Waals surface area contributed by atoms with Crippen LogP contribution >= 0.6 is 0 Å². The molecule has 0 unspecified atom stereocenters. The molecule has 0 bridgehead atoms. The molecule has 0 saturated carbocycles. The minimum atomic E-state index is 0.688. The number of terminal acetylenes is 2. The lowest BCUT2D eigenvalue weighted by Crippen LogP contribution is -1.82. The molecule has 2 rings (SSSR count). The molecule has 1 heterocycles. The Morgan fingerprint density at radius 3 is 2.21 bits per heavy atom. The normalized spacial score (nSPS) is 8.53. The first-order chi connectivity index (χ1) is 9.36. The molecular weight excluding hydrogens is 230 g/mol. The van der Waals surface area contributed by atoms with Crippen molar-refractivity contribution in [2.24, 2.45) is 0 Å². The summed E-state index contributed by atoms with van der Waals surface area (Å²) in [5.74, 6) is 5.05. The van der Waals surface area contributed by atoms with Gasteiger partial charge < -0.3 is 0 Å². The Balaban J connectivity index is 0.000000200. The summed E-state index contributed by atoms with van der Waals surface area (Å²) in [5.41, 5.74) is 2.07. The summed E-state index contributed by atoms with van der Waals surface area (Å²) in [5, 5.41) is 0. The van der Waals surface area contributed by atoms with E-state index in [4.69, 9.17) is 12.8 Å². The number of hydrogen-bond acceptors (Lipinski definition) is 1. The molecule has 1 heteroatoms. The lowest BCUT2D eigenvalue weighted by molar-refractivity contribution is 0.858. The number of benzene rings is 1. The first-order valence-corrected chi connectivity index (χ1v) is 6.22. The van der Waals surface area contributed by atoms with Crippen molar-refractivity contribution in [2.45, 2.75) is 19.3 Å². The number of rotatable bonds is 3. The molecule has 1 aromatic carbocycles. The molecule has 1 nitrogen and oxygen atoms in total. The third-order valence-corrected chi connectivity index (χ3v) is 2.44. The maximum Gasteiger partial charge on any atom is 0.112 e. The maximum atomic E-state index is 5.14. The van der Waals surface area contributed by atoms with Gasteiger partial charge >= 0.3 is 0 Å². The van der Waals surface area contributed by atoms with Crippen LogP contribution in [0.1, 0.15) is 24.1 Å². The van der Waals surface area contributed by atoms with Gasteiger partial charge in [-0.15, -0.1) is 18.8 Å². The van der Waals surface area contributed by atoms with Gasteiger partial charge in [-0.2, -0.15) is 0 Å². The number of aromatic nitrogens is 1. The Labute approximate surface area is 115 Å². The Kier molecular flexibility index (Phi) is 7.29. The number of unbranched alkanes of at least 4 members (excludes halogenated alkanes) is 1. The van der Waals surface area contributed by atoms with E-state index in [2.05, 4.69) is 41.1 Å². The van der Waals surface area contributed by atoms with Crippen LogP contribution in [0.5, 0.6) is 0 Å². The highest BCUT2D eigenvalue weighted by Crippen LogP contribution is 2.03. The van der Waals surface area contributed by atoms with Crippen molar-refractivity contribution in [3.8, 4) is 24.7 Å². The van der Waals surface area contributed by atoms with Crippen molar-refractivity contribution in [3.05, 3.63) is 66.0 Å². The zero-order chi connectivity index (χ0) is 13.8. The highest BCUT2D eigenvalue weighted by atomic mass is 14.6. The molecule has 0 atom stereocenters. The van der Waals surface area contributed by atoms with E-state index in [-0.39, 0.29) is 0 Å². The molecule has 0 N–H and O–H groups in total. The Morgan fingerprint density at radius 2 is 1.68 bits per heavy atom. The number of hydrogen-bond donors (Lipinski definition) is 0. The summed E-state index contributed by atoms with van der Waals surface area (Å²) in [4.78, 5) is 3.86. The summed E-state index contributed by atoms with van der Waals surface area (Å²) in [6, 6.07) is 15.9. The highest BCUT2D eigenvalue weighted by Gasteiger charge is 1.88. The van der Waals surface area contributed by atoms with Gasteiger partial charge in [-0.05, 0) is 30.5 Å². The summed E-state index contributed by atoms with van der Waals surface area (Å²) < 4.78 is 0. The summed E-state index contributed by atoms with van der Waals surface area (Å²) in [6.45, 7) is 0. The van der Waals surface area contributed by atoms with Crippen molar-refractivity contribution < 1.29 is 0 Å². The lowest BCUT2D eigenvalue weighted by atomic mass is 10.1. The molecule has 0 radical (unpaired) electrons. The minimum absolute atomic E-state index is 0.688. The topological polar surface area (TPSA) is 12.9 Å². The van der Waals surface area contributed by atoms with Crippen LogP contribution in [0.3, 0.4) is 0 Å². The predicted octanol–water partition coefficient (Wildman–Crippen LogP) is 3.71. The molecule has 0 spiro atoms. The monoisotopic (exact) mass is 247 g/mol. The van der Waals surface area contributed by atoms with Gasteiger partial charge in [-0.1, -0.05) is 42.3 Å². The van der Waals surface area contributed by atoms with Gasteiger partial charge in [0.15, 0.2) is 0 Å². The van der Waals surface area contributed by atoms with Crippen molar-refractivity contribution in [1.29, 1.82) is 0 Å². The SMILES string of the molecule is C#CCCCc1ccccc1.C#Cc1ccccn1. The highest BCUT2D eigenvalue weighted by molar-refractivity contribution is 5.22. The summed E-state index contributed by atoms with van der Waals surface area (Å²) in [7, 11) is 0. The fourth-order valence-corrected chi connectivity index (χ4v) is 1.49. The van der Waals surface area contributed by atoms with Crippen LogP contribution in [0.25, 0.3) is 0 Å². The largest absolute Gasteiger partial charge is 0.248 e. The second-order valence-corrected chi connectivity index (χ2v) is 3.90. The van der Waals surface area contributed by atoms with Crippen molar-refractivity contribution in [2.75, 3.05) is 0 Å². The predicted molar refractivity (Wildman–Crippen MR) is 80.4 cm³/mol. The molecule has 2 aromatic rings. The second kappa shape index (κ2) is 9.51. The maximum absolute atomic E-state index is 5.14. The number of pyridine rings is 1. The zero-order valence-electron chi connectivity index (χ0n) is 10.9. The molecule has 1 aromatic heterocycles. The Morgan fingerprint density at radius 1 is 0.947 bits per heavy atom. The van der Waals surface area contributed by atoms with Gasteiger partial charge in [-0.3, -0.25) is 0 Å². The van der Waals surface area contributed by atoms with Crippen molar-refractivity contribution in [1.82, 2.24) is 4.98 Å². The van der Waals surface area contributed by atoms with E-state index in [1.165, 1.54) is 5.56 Å². The van der Waals surface area contributed by atoms with Crippen LogP contribution < -0.4 is 0 Å². The Hall–Kier alpha value is -2.51. The third-order valence-electron chi connectivity index (χ3n) is 2.44. The number of nitrogens with zero attached hydrogens (tertiary/aromatic N) is 1. The smallest absolute Gasteiger partial charge is 0.112 e. The van der Waals surface area contributed by atoms with Gasteiger partial charge in [0, 0.05) is 12.6 Å². The lowest BCUT2D eigenvalue weighted by Gasteiger charge is -1.96. The van der Waals surface area contributed by atoms with Crippen LogP contribution in [0, 0.1) is 24.7 Å². The third kappa shape index (κ3) is 6.71. The fraction of sp³-hybridized carbons (Fsp3) is 0.167. The summed E-state index contributed by atoms with van der Waals surface area (Å²) >= 11 is 0. The van der Waals surface area contributed by atoms with E-state index in [1.807, 2.05) is 18.2 Å². The summed E-state index contributed by atoms with van der Waals surface area (Å²) in [6.07, 6.45) is 14.9. The van der Waals surface area contributed by atoms with Crippen LogP contribution in [-0.4, -0.2) is 4.98 Å². The van der Waals surface area contributed by atoms with Crippen LogP contribution in [-0.2, 0) is 6.42 Å². The molecular formula is C18H17N. The Bertz CT molecular complexity index is 529. The first-order valence-electron chi connectivity index (χ1n) is 6.22. The molecule has 0 aliphatic heterocycles. The molecule has 0 aliphatic carbocycles. The van der Waals surface area contributed by atoms with E-state index < -0.39 is 0 Å². The van der Waals surface area contributed by atoms with Gasteiger partial charge in [-0.25, -0.2) is 4.98 Å². The fourth-order valence-electron chi connectivity index (χ4n) is 1.49. The average Bonchev–Trinajstić information content (AvgIpc) is 2.50. The standard InChI is InChI=1S/C11H12.C7H5N/c1-2-3-5-8-11-9-6-4-7-10-11;1-2-7-5-3-4-6-8-7/h1,4,6-7,9-10H,3,5,8H2;1,3-6H. The molecule has 94 valence electrons. The van der Waals surface area contributed by atoms with Crippen LogP contribution in [0.2, 0.25) is 0 Å². The van der Waals surface area contributed by atoms with Crippen molar-refractivity contribution in [3.63, 3.8) is 0 Å².